The molecule has 1 fully saturated rings. The summed E-state index contributed by atoms with van der Waals surface area (Å²) in [7, 11) is 0. The standard InChI is InChI=1S/C24H28N4O2/c1-2-27-20-13-7-6-12-19(20)26-22(27)15-16-25-23(29)21-14-8-9-17-28(21)24(30)18-10-4-3-5-11-18/h3-7,10-13,21H,2,8-9,14-17H2,1H3,(H,25,29). The molecule has 6 heteroatoms. The average Bonchev–Trinajstić information content (AvgIpc) is 3.16. The summed E-state index contributed by atoms with van der Waals surface area (Å²) in [4.78, 5) is 32.3. The van der Waals surface area contributed by atoms with Crippen molar-refractivity contribution in [2.24, 2.45) is 0 Å². The van der Waals surface area contributed by atoms with Gasteiger partial charge in [0.2, 0.25) is 5.91 Å². The molecule has 2 heterocycles. The third-order valence-corrected chi connectivity index (χ3v) is 5.78. The van der Waals surface area contributed by atoms with Crippen LogP contribution in [0.1, 0.15) is 42.4 Å². The second-order valence-electron chi connectivity index (χ2n) is 7.68. The molecule has 0 spiro atoms. The number of imidazole rings is 1. The summed E-state index contributed by atoms with van der Waals surface area (Å²) in [6, 6.07) is 16.9. The van der Waals surface area contributed by atoms with Gasteiger partial charge in [0.1, 0.15) is 11.9 Å². The number of nitrogens with one attached hydrogen (secondary N) is 1. The molecule has 1 aromatic heterocycles. The molecule has 0 saturated carbocycles. The highest BCUT2D eigenvalue weighted by atomic mass is 16.2. The zero-order valence-corrected chi connectivity index (χ0v) is 17.4. The minimum Gasteiger partial charge on any atom is -0.354 e. The second-order valence-corrected chi connectivity index (χ2v) is 7.68. The van der Waals surface area contributed by atoms with E-state index in [0.717, 1.165) is 36.2 Å². The van der Waals surface area contributed by atoms with Gasteiger partial charge in [-0.25, -0.2) is 4.98 Å². The summed E-state index contributed by atoms with van der Waals surface area (Å²) in [6.45, 7) is 4.07. The van der Waals surface area contributed by atoms with Crippen LogP contribution in [0.3, 0.4) is 0 Å². The number of carbonyl (C=O) groups excluding carboxylic acids is 2. The summed E-state index contributed by atoms with van der Waals surface area (Å²) in [5.74, 6) is 0.834. The van der Waals surface area contributed by atoms with Gasteiger partial charge in [0.25, 0.3) is 5.91 Å². The van der Waals surface area contributed by atoms with Crippen LogP contribution in [0, 0.1) is 0 Å². The Morgan fingerprint density at radius 2 is 1.83 bits per heavy atom. The van der Waals surface area contributed by atoms with Crippen molar-refractivity contribution in [3.05, 3.63) is 66.0 Å². The molecular weight excluding hydrogens is 376 g/mol. The molecular formula is C24H28N4O2. The van der Waals surface area contributed by atoms with Crippen LogP contribution in [0.4, 0.5) is 0 Å². The van der Waals surface area contributed by atoms with E-state index >= 15 is 0 Å². The van der Waals surface area contributed by atoms with E-state index in [1.807, 2.05) is 36.4 Å². The van der Waals surface area contributed by atoms with Gasteiger partial charge in [-0.05, 0) is 50.5 Å². The van der Waals surface area contributed by atoms with Gasteiger partial charge in [-0.2, -0.15) is 0 Å². The molecule has 0 radical (unpaired) electrons. The first-order valence-electron chi connectivity index (χ1n) is 10.8. The Morgan fingerprint density at radius 1 is 1.07 bits per heavy atom. The van der Waals surface area contributed by atoms with Crippen molar-refractivity contribution in [1.29, 1.82) is 0 Å². The Labute approximate surface area is 176 Å². The molecule has 3 aromatic rings. The number of carbonyl (C=O) groups is 2. The number of benzene rings is 2. The zero-order chi connectivity index (χ0) is 20.9. The number of piperidine rings is 1. The van der Waals surface area contributed by atoms with Crippen LogP contribution in [0.5, 0.6) is 0 Å². The number of rotatable bonds is 6. The first-order valence-corrected chi connectivity index (χ1v) is 10.8. The second kappa shape index (κ2) is 9.11. The number of aromatic nitrogens is 2. The highest BCUT2D eigenvalue weighted by Gasteiger charge is 2.32. The topological polar surface area (TPSA) is 67.2 Å². The van der Waals surface area contributed by atoms with Crippen molar-refractivity contribution in [3.63, 3.8) is 0 Å². The Balaban J connectivity index is 1.41. The van der Waals surface area contributed by atoms with E-state index in [1.54, 1.807) is 17.0 Å². The van der Waals surface area contributed by atoms with Gasteiger partial charge in [-0.15, -0.1) is 0 Å². The number of hydrogen-bond donors (Lipinski definition) is 1. The van der Waals surface area contributed by atoms with Crippen LogP contribution < -0.4 is 5.32 Å². The van der Waals surface area contributed by atoms with E-state index in [4.69, 9.17) is 4.98 Å². The summed E-state index contributed by atoms with van der Waals surface area (Å²) in [6.07, 6.45) is 3.26. The molecule has 2 amide bonds. The van der Waals surface area contributed by atoms with Gasteiger partial charge in [0.05, 0.1) is 11.0 Å². The normalized spacial score (nSPS) is 16.6. The molecule has 0 bridgehead atoms. The van der Waals surface area contributed by atoms with Crippen LogP contribution >= 0.6 is 0 Å². The molecule has 156 valence electrons. The van der Waals surface area contributed by atoms with Gasteiger partial charge in [0.15, 0.2) is 0 Å². The van der Waals surface area contributed by atoms with E-state index in [1.165, 1.54) is 0 Å². The lowest BCUT2D eigenvalue weighted by Crippen LogP contribution is -2.52. The third kappa shape index (κ3) is 4.08. The number of amides is 2. The van der Waals surface area contributed by atoms with Gasteiger partial charge >= 0.3 is 0 Å². The van der Waals surface area contributed by atoms with Gasteiger partial charge < -0.3 is 14.8 Å². The molecule has 1 saturated heterocycles. The lowest BCUT2D eigenvalue weighted by molar-refractivity contribution is -0.126. The smallest absolute Gasteiger partial charge is 0.254 e. The maximum atomic E-state index is 12.9. The van der Waals surface area contributed by atoms with Gasteiger partial charge in [0, 0.05) is 31.6 Å². The molecule has 1 atom stereocenters. The molecule has 4 rings (SSSR count). The molecule has 6 nitrogen and oxygen atoms in total. The highest BCUT2D eigenvalue weighted by Crippen LogP contribution is 2.20. The predicted molar refractivity (Wildman–Crippen MR) is 117 cm³/mol. The molecule has 1 unspecified atom stereocenters. The van der Waals surface area contributed by atoms with E-state index in [-0.39, 0.29) is 11.8 Å². The molecule has 1 N–H and O–H groups in total. The summed E-state index contributed by atoms with van der Waals surface area (Å²) >= 11 is 0. The SMILES string of the molecule is CCn1c(CCNC(=O)C2CCCCN2C(=O)c2ccccc2)nc2ccccc21. The fraction of sp³-hybridized carbons (Fsp3) is 0.375. The lowest BCUT2D eigenvalue weighted by Gasteiger charge is -2.34. The third-order valence-electron chi connectivity index (χ3n) is 5.78. The Kier molecular flexibility index (Phi) is 6.12. The lowest BCUT2D eigenvalue weighted by atomic mass is 10.00. The minimum atomic E-state index is -0.406. The molecule has 30 heavy (non-hydrogen) atoms. The number of likely N-dealkylation sites (tertiary alicyclic amines) is 1. The highest BCUT2D eigenvalue weighted by molar-refractivity contribution is 5.97. The summed E-state index contributed by atoms with van der Waals surface area (Å²) < 4.78 is 2.19. The van der Waals surface area contributed by atoms with Crippen molar-refractivity contribution in [2.45, 2.75) is 45.2 Å². The van der Waals surface area contributed by atoms with Crippen LogP contribution in [0.2, 0.25) is 0 Å². The molecule has 1 aliphatic heterocycles. The van der Waals surface area contributed by atoms with Crippen LogP contribution in [-0.4, -0.2) is 45.4 Å². The van der Waals surface area contributed by atoms with Crippen molar-refractivity contribution in [3.8, 4) is 0 Å². The van der Waals surface area contributed by atoms with Crippen LogP contribution in [0.25, 0.3) is 11.0 Å². The van der Waals surface area contributed by atoms with Crippen molar-refractivity contribution in [2.75, 3.05) is 13.1 Å². The first-order chi connectivity index (χ1) is 14.7. The maximum absolute atomic E-state index is 12.9. The molecule has 1 aliphatic rings. The Morgan fingerprint density at radius 3 is 2.63 bits per heavy atom. The number of para-hydroxylation sites is 2. The first kappa shape index (κ1) is 20.1. The molecule has 2 aromatic carbocycles. The van der Waals surface area contributed by atoms with Crippen LogP contribution in [-0.2, 0) is 17.8 Å². The van der Waals surface area contributed by atoms with E-state index in [2.05, 4.69) is 22.9 Å². The fourth-order valence-electron chi connectivity index (χ4n) is 4.28. The predicted octanol–water partition coefficient (Wildman–Crippen LogP) is 3.41. The Hall–Kier alpha value is -3.15. The number of hydrogen-bond acceptors (Lipinski definition) is 3. The molecule has 0 aliphatic carbocycles. The van der Waals surface area contributed by atoms with Crippen LogP contribution in [0.15, 0.2) is 54.6 Å². The largest absolute Gasteiger partial charge is 0.354 e. The van der Waals surface area contributed by atoms with Gasteiger partial charge in [-0.3, -0.25) is 9.59 Å². The van der Waals surface area contributed by atoms with Crippen molar-refractivity contribution in [1.82, 2.24) is 19.8 Å². The van der Waals surface area contributed by atoms with E-state index < -0.39 is 6.04 Å². The van der Waals surface area contributed by atoms with Gasteiger partial charge in [-0.1, -0.05) is 30.3 Å². The average molecular weight is 405 g/mol. The van der Waals surface area contributed by atoms with Crippen molar-refractivity contribution < 1.29 is 9.59 Å². The number of nitrogens with zero attached hydrogens (tertiary/aromatic N) is 3. The maximum Gasteiger partial charge on any atom is 0.254 e. The number of aryl methyl sites for hydroxylation is 1. The fourth-order valence-corrected chi connectivity index (χ4v) is 4.28. The minimum absolute atomic E-state index is 0.0665. The van der Waals surface area contributed by atoms with Crippen molar-refractivity contribution >= 4 is 22.8 Å². The summed E-state index contributed by atoms with van der Waals surface area (Å²) in [5.41, 5.74) is 2.73. The number of fused-ring (bicyclic) bond motifs is 1. The monoisotopic (exact) mass is 404 g/mol. The van der Waals surface area contributed by atoms with E-state index in [9.17, 15) is 9.59 Å². The zero-order valence-electron chi connectivity index (χ0n) is 17.4. The van der Waals surface area contributed by atoms with E-state index in [0.29, 0.717) is 31.5 Å². The Bertz CT molecular complexity index is 1030. The summed E-state index contributed by atoms with van der Waals surface area (Å²) in [5, 5.41) is 3.05. The quantitative estimate of drug-likeness (QED) is 0.685.